The third-order valence-corrected chi connectivity index (χ3v) is 3.32. The van der Waals surface area contributed by atoms with E-state index in [1.165, 1.54) is 0 Å². The molecule has 22 heavy (non-hydrogen) atoms. The van der Waals surface area contributed by atoms with Crippen LogP contribution in [0.4, 0.5) is 0 Å². The first-order chi connectivity index (χ1) is 10.7. The van der Waals surface area contributed by atoms with Gasteiger partial charge in [-0.25, -0.2) is 4.98 Å². The van der Waals surface area contributed by atoms with Gasteiger partial charge in [0.1, 0.15) is 5.75 Å². The van der Waals surface area contributed by atoms with Gasteiger partial charge in [-0.2, -0.15) is 0 Å². The van der Waals surface area contributed by atoms with Gasteiger partial charge in [0, 0.05) is 29.4 Å². The molecule has 3 aromatic rings. The molecule has 0 atom stereocenters. The number of hydrogen-bond acceptors (Lipinski definition) is 4. The van der Waals surface area contributed by atoms with Crippen LogP contribution in [0.5, 0.6) is 11.6 Å². The molecule has 0 aliphatic heterocycles. The predicted molar refractivity (Wildman–Crippen MR) is 87.3 cm³/mol. The van der Waals surface area contributed by atoms with Crippen molar-refractivity contribution < 1.29 is 9.47 Å². The van der Waals surface area contributed by atoms with Crippen LogP contribution in [0.3, 0.4) is 0 Å². The summed E-state index contributed by atoms with van der Waals surface area (Å²) in [5.41, 5.74) is 1.84. The Morgan fingerprint density at radius 1 is 0.909 bits per heavy atom. The highest BCUT2D eigenvalue weighted by molar-refractivity contribution is 5.86. The molecular weight excluding hydrogens is 276 g/mol. The van der Waals surface area contributed by atoms with E-state index in [9.17, 15) is 0 Å². The van der Waals surface area contributed by atoms with Gasteiger partial charge in [-0.1, -0.05) is 0 Å². The second-order valence-electron chi connectivity index (χ2n) is 5.33. The highest BCUT2D eigenvalue weighted by atomic mass is 16.5. The quantitative estimate of drug-likeness (QED) is 0.727. The Bertz CT molecular complexity index is 783. The Morgan fingerprint density at radius 2 is 1.77 bits per heavy atom. The Labute approximate surface area is 129 Å². The largest absolute Gasteiger partial charge is 0.497 e. The third-order valence-electron chi connectivity index (χ3n) is 3.32. The van der Waals surface area contributed by atoms with E-state index in [1.54, 1.807) is 13.3 Å². The van der Waals surface area contributed by atoms with Crippen molar-refractivity contribution >= 4 is 10.8 Å². The topological polar surface area (TPSA) is 44.2 Å². The fourth-order valence-corrected chi connectivity index (χ4v) is 2.25. The van der Waals surface area contributed by atoms with E-state index in [0.29, 0.717) is 5.88 Å². The normalized spacial score (nSPS) is 10.9. The van der Waals surface area contributed by atoms with Gasteiger partial charge in [-0.05, 0) is 49.6 Å². The van der Waals surface area contributed by atoms with Crippen LogP contribution in [-0.4, -0.2) is 23.2 Å². The molecule has 3 rings (SSSR count). The van der Waals surface area contributed by atoms with Crippen LogP contribution in [0.15, 0.2) is 48.8 Å². The highest BCUT2D eigenvalue weighted by Crippen LogP contribution is 2.25. The SMILES string of the molecule is COc1ccc2cnc(-c3ccc(OC(C)C)nc3)cc2c1. The van der Waals surface area contributed by atoms with Crippen LogP contribution >= 0.6 is 0 Å². The second kappa shape index (κ2) is 6.02. The van der Waals surface area contributed by atoms with Crippen molar-refractivity contribution in [2.24, 2.45) is 0 Å². The van der Waals surface area contributed by atoms with Crippen LogP contribution in [0.1, 0.15) is 13.8 Å². The number of pyridine rings is 2. The van der Waals surface area contributed by atoms with Gasteiger partial charge >= 0.3 is 0 Å². The smallest absolute Gasteiger partial charge is 0.213 e. The molecule has 4 heteroatoms. The molecular formula is C18H18N2O2. The number of rotatable bonds is 4. The molecule has 0 saturated heterocycles. The molecule has 2 aromatic heterocycles. The Morgan fingerprint density at radius 3 is 2.45 bits per heavy atom. The molecule has 0 fully saturated rings. The maximum Gasteiger partial charge on any atom is 0.213 e. The Kier molecular flexibility index (Phi) is 3.92. The van der Waals surface area contributed by atoms with Crippen molar-refractivity contribution in [1.29, 1.82) is 0 Å². The Balaban J connectivity index is 1.95. The number of ether oxygens (including phenoxy) is 2. The summed E-state index contributed by atoms with van der Waals surface area (Å²) in [7, 11) is 1.67. The van der Waals surface area contributed by atoms with Crippen molar-refractivity contribution in [3.63, 3.8) is 0 Å². The summed E-state index contributed by atoms with van der Waals surface area (Å²) in [5.74, 6) is 1.46. The molecule has 0 spiro atoms. The van der Waals surface area contributed by atoms with Gasteiger partial charge in [0.2, 0.25) is 5.88 Å². The molecule has 0 aliphatic rings. The number of fused-ring (bicyclic) bond motifs is 1. The van der Waals surface area contributed by atoms with E-state index < -0.39 is 0 Å². The minimum atomic E-state index is 0.115. The first-order valence-corrected chi connectivity index (χ1v) is 7.22. The zero-order valence-electron chi connectivity index (χ0n) is 12.9. The number of hydrogen-bond donors (Lipinski definition) is 0. The second-order valence-corrected chi connectivity index (χ2v) is 5.33. The van der Waals surface area contributed by atoms with Crippen LogP contribution in [0.25, 0.3) is 22.0 Å². The zero-order chi connectivity index (χ0) is 15.5. The lowest BCUT2D eigenvalue weighted by atomic mass is 10.1. The first kappa shape index (κ1) is 14.3. The van der Waals surface area contributed by atoms with E-state index >= 15 is 0 Å². The maximum atomic E-state index is 5.56. The van der Waals surface area contributed by atoms with Gasteiger partial charge < -0.3 is 9.47 Å². The lowest BCUT2D eigenvalue weighted by molar-refractivity contribution is 0.232. The summed E-state index contributed by atoms with van der Waals surface area (Å²) >= 11 is 0. The lowest BCUT2D eigenvalue weighted by Gasteiger charge is -2.09. The van der Waals surface area contributed by atoms with Crippen molar-refractivity contribution in [3.05, 3.63) is 48.8 Å². The fourth-order valence-electron chi connectivity index (χ4n) is 2.25. The monoisotopic (exact) mass is 294 g/mol. The van der Waals surface area contributed by atoms with E-state index in [4.69, 9.17) is 9.47 Å². The standard InChI is InChI=1S/C18H18N2O2/c1-12(2)22-18-7-5-14(11-20-18)17-9-15-8-16(21-3)6-4-13(15)10-19-17/h4-12H,1-3H3. The van der Waals surface area contributed by atoms with Crippen molar-refractivity contribution in [2.75, 3.05) is 7.11 Å². The average molecular weight is 294 g/mol. The van der Waals surface area contributed by atoms with E-state index in [0.717, 1.165) is 27.8 Å². The molecule has 0 amide bonds. The molecule has 0 N–H and O–H groups in total. The minimum absolute atomic E-state index is 0.115. The predicted octanol–water partition coefficient (Wildman–Crippen LogP) is 4.09. The number of methoxy groups -OCH3 is 1. The summed E-state index contributed by atoms with van der Waals surface area (Å²) in [6.45, 7) is 3.96. The van der Waals surface area contributed by atoms with Gasteiger partial charge in [0.25, 0.3) is 0 Å². The molecule has 0 radical (unpaired) electrons. The van der Waals surface area contributed by atoms with Crippen LogP contribution in [-0.2, 0) is 0 Å². The van der Waals surface area contributed by atoms with Gasteiger partial charge in [-0.15, -0.1) is 0 Å². The summed E-state index contributed by atoms with van der Waals surface area (Å²) in [6.07, 6.45) is 3.76. The summed E-state index contributed by atoms with van der Waals surface area (Å²) in [5, 5.41) is 2.17. The van der Waals surface area contributed by atoms with E-state index in [1.807, 2.05) is 56.4 Å². The average Bonchev–Trinajstić information content (AvgIpc) is 2.54. The highest BCUT2D eigenvalue weighted by Gasteiger charge is 2.05. The van der Waals surface area contributed by atoms with Crippen molar-refractivity contribution in [3.8, 4) is 22.9 Å². The van der Waals surface area contributed by atoms with Gasteiger partial charge in [0.15, 0.2) is 0 Å². The van der Waals surface area contributed by atoms with Crippen LogP contribution in [0, 0.1) is 0 Å². The molecule has 4 nitrogen and oxygen atoms in total. The van der Waals surface area contributed by atoms with E-state index in [2.05, 4.69) is 9.97 Å². The number of nitrogens with zero attached hydrogens (tertiary/aromatic N) is 2. The Hall–Kier alpha value is -2.62. The summed E-state index contributed by atoms with van der Waals surface area (Å²) in [4.78, 5) is 8.82. The van der Waals surface area contributed by atoms with Crippen LogP contribution < -0.4 is 9.47 Å². The molecule has 0 unspecified atom stereocenters. The lowest BCUT2D eigenvalue weighted by Crippen LogP contribution is -2.06. The summed E-state index contributed by atoms with van der Waals surface area (Å²) < 4.78 is 10.8. The van der Waals surface area contributed by atoms with Crippen LogP contribution in [0.2, 0.25) is 0 Å². The first-order valence-electron chi connectivity index (χ1n) is 7.22. The zero-order valence-corrected chi connectivity index (χ0v) is 12.9. The minimum Gasteiger partial charge on any atom is -0.497 e. The van der Waals surface area contributed by atoms with Crippen molar-refractivity contribution in [2.45, 2.75) is 20.0 Å². The van der Waals surface area contributed by atoms with Gasteiger partial charge in [0.05, 0.1) is 18.9 Å². The molecule has 0 saturated carbocycles. The maximum absolute atomic E-state index is 5.56. The number of aromatic nitrogens is 2. The van der Waals surface area contributed by atoms with Crippen molar-refractivity contribution in [1.82, 2.24) is 9.97 Å². The van der Waals surface area contributed by atoms with Gasteiger partial charge in [-0.3, -0.25) is 4.98 Å². The molecule has 1 aromatic carbocycles. The third kappa shape index (κ3) is 3.01. The van der Waals surface area contributed by atoms with E-state index in [-0.39, 0.29) is 6.10 Å². The molecule has 0 bridgehead atoms. The molecule has 112 valence electrons. The molecule has 2 heterocycles. The number of benzene rings is 1. The molecule has 0 aliphatic carbocycles. The fraction of sp³-hybridized carbons (Fsp3) is 0.222. The summed E-state index contributed by atoms with van der Waals surface area (Å²) in [6, 6.07) is 11.8.